The van der Waals surface area contributed by atoms with Crippen LogP contribution in [0, 0.1) is 0 Å². The summed E-state index contributed by atoms with van der Waals surface area (Å²) in [4.78, 5) is 40.5. The van der Waals surface area contributed by atoms with Crippen molar-refractivity contribution in [3.05, 3.63) is 70.5 Å². The number of imide groups is 1. The van der Waals surface area contributed by atoms with E-state index in [-0.39, 0.29) is 18.7 Å². The third kappa shape index (κ3) is 3.20. The normalized spacial score (nSPS) is 16.7. The molecule has 5 rings (SSSR count). The minimum atomic E-state index is -0.792. The number of benzene rings is 2. The van der Waals surface area contributed by atoms with E-state index >= 15 is 0 Å². The molecule has 0 radical (unpaired) electrons. The van der Waals surface area contributed by atoms with Gasteiger partial charge in [-0.25, -0.2) is 4.79 Å². The Bertz CT molecular complexity index is 1320. The van der Waals surface area contributed by atoms with Gasteiger partial charge in [0.05, 0.1) is 11.9 Å². The first-order valence-electron chi connectivity index (χ1n) is 9.44. The summed E-state index contributed by atoms with van der Waals surface area (Å²) in [5.74, 6) is -0.572. The second kappa shape index (κ2) is 7.11. The lowest BCUT2D eigenvalue weighted by molar-refractivity contribution is -0.135. The largest absolute Gasteiger partial charge is 0.420 e. The van der Waals surface area contributed by atoms with E-state index < -0.39 is 17.7 Å². The Labute approximate surface area is 169 Å². The van der Waals surface area contributed by atoms with Gasteiger partial charge in [0.25, 0.3) is 0 Å². The average molecular weight is 404 g/mol. The van der Waals surface area contributed by atoms with Gasteiger partial charge in [-0.3, -0.25) is 19.5 Å². The Morgan fingerprint density at radius 2 is 1.93 bits per heavy atom. The number of hydrogen-bond acceptors (Lipinski definition) is 7. The van der Waals surface area contributed by atoms with E-state index in [1.165, 1.54) is 4.57 Å². The molecule has 1 fully saturated rings. The molecular weight excluding hydrogens is 388 g/mol. The fourth-order valence-electron chi connectivity index (χ4n) is 3.62. The van der Waals surface area contributed by atoms with Gasteiger partial charge in [0.2, 0.25) is 23.5 Å². The number of carbonyl (C=O) groups excluding carboxylic acids is 2. The fraction of sp³-hybridized carbons (Fsp3) is 0.190. The molecule has 2 aromatic heterocycles. The van der Waals surface area contributed by atoms with Crippen molar-refractivity contribution in [2.45, 2.75) is 25.3 Å². The monoisotopic (exact) mass is 404 g/mol. The Hall–Kier alpha value is -4.01. The summed E-state index contributed by atoms with van der Waals surface area (Å²) >= 11 is 0. The molecule has 1 atom stereocenters. The first-order valence-corrected chi connectivity index (χ1v) is 9.44. The predicted molar refractivity (Wildman–Crippen MR) is 104 cm³/mol. The molecule has 30 heavy (non-hydrogen) atoms. The quantitative estimate of drug-likeness (QED) is 0.518. The van der Waals surface area contributed by atoms with Crippen molar-refractivity contribution in [3.8, 4) is 11.4 Å². The van der Waals surface area contributed by atoms with Crippen molar-refractivity contribution in [2.24, 2.45) is 0 Å². The van der Waals surface area contributed by atoms with E-state index in [2.05, 4.69) is 15.5 Å². The van der Waals surface area contributed by atoms with Gasteiger partial charge in [-0.15, -0.1) is 0 Å². The highest BCUT2D eigenvalue weighted by Crippen LogP contribution is 2.25. The van der Waals surface area contributed by atoms with Crippen molar-refractivity contribution in [1.29, 1.82) is 0 Å². The number of nitrogens with zero attached hydrogens (tertiary/aromatic N) is 3. The molecule has 2 amide bonds. The Kier molecular flexibility index (Phi) is 4.27. The minimum Gasteiger partial charge on any atom is -0.408 e. The maximum absolute atomic E-state index is 12.4. The number of aromatic nitrogens is 3. The number of rotatable bonds is 4. The summed E-state index contributed by atoms with van der Waals surface area (Å²) in [6, 6.07) is 13.9. The average Bonchev–Trinajstić information content (AvgIpc) is 3.33. The highest BCUT2D eigenvalue weighted by molar-refractivity contribution is 6.00. The molecule has 1 N–H and O–H groups in total. The van der Waals surface area contributed by atoms with Gasteiger partial charge in [0.15, 0.2) is 5.58 Å². The number of hydrogen-bond donors (Lipinski definition) is 1. The molecule has 3 heterocycles. The fourth-order valence-corrected chi connectivity index (χ4v) is 3.62. The molecule has 0 aliphatic carbocycles. The maximum Gasteiger partial charge on any atom is 0.420 e. The molecule has 0 unspecified atom stereocenters. The summed E-state index contributed by atoms with van der Waals surface area (Å²) in [7, 11) is 0. The first kappa shape index (κ1) is 18.0. The van der Waals surface area contributed by atoms with E-state index in [1.807, 2.05) is 30.3 Å². The molecule has 4 aromatic rings. The van der Waals surface area contributed by atoms with Crippen LogP contribution in [0.25, 0.3) is 22.5 Å². The molecule has 2 aromatic carbocycles. The van der Waals surface area contributed by atoms with Crippen LogP contribution in [0.15, 0.2) is 62.3 Å². The van der Waals surface area contributed by atoms with Crippen LogP contribution in [0.2, 0.25) is 0 Å². The minimum absolute atomic E-state index is 0.166. The van der Waals surface area contributed by atoms with E-state index in [4.69, 9.17) is 8.94 Å². The van der Waals surface area contributed by atoms with E-state index in [1.54, 1.807) is 18.2 Å². The Balaban J connectivity index is 1.47. The van der Waals surface area contributed by atoms with Crippen LogP contribution in [0.4, 0.5) is 0 Å². The van der Waals surface area contributed by atoms with E-state index in [0.717, 1.165) is 11.1 Å². The van der Waals surface area contributed by atoms with Gasteiger partial charge >= 0.3 is 5.76 Å². The van der Waals surface area contributed by atoms with Crippen molar-refractivity contribution in [1.82, 2.24) is 20.0 Å². The number of nitrogens with one attached hydrogen (secondary N) is 1. The van der Waals surface area contributed by atoms with Crippen LogP contribution in [0.1, 0.15) is 30.3 Å². The zero-order valence-electron chi connectivity index (χ0n) is 15.7. The molecule has 150 valence electrons. The van der Waals surface area contributed by atoms with Gasteiger partial charge in [0.1, 0.15) is 6.04 Å². The molecule has 9 nitrogen and oxygen atoms in total. The molecule has 0 spiro atoms. The number of fused-ring (bicyclic) bond motifs is 1. The Morgan fingerprint density at radius 3 is 2.73 bits per heavy atom. The van der Waals surface area contributed by atoms with Gasteiger partial charge in [-0.1, -0.05) is 41.6 Å². The summed E-state index contributed by atoms with van der Waals surface area (Å²) < 4.78 is 11.9. The second-order valence-corrected chi connectivity index (χ2v) is 7.06. The van der Waals surface area contributed by atoms with Gasteiger partial charge < -0.3 is 8.94 Å². The molecular formula is C21H16N4O5. The topological polar surface area (TPSA) is 120 Å². The molecule has 0 saturated carbocycles. The standard InChI is InChI=1S/C21H16N4O5/c26-17-9-7-14(20(27)22-17)25-15-10-12(6-8-16(15)29-21(25)28)11-18-23-19(24-30-18)13-4-2-1-3-5-13/h1-6,8,10,14H,7,9,11H2,(H,22,26,27)/t14-/m1/s1. The molecule has 1 saturated heterocycles. The van der Waals surface area contributed by atoms with Crippen LogP contribution in [-0.2, 0) is 16.0 Å². The summed E-state index contributed by atoms with van der Waals surface area (Å²) in [6.07, 6.45) is 0.761. The number of amides is 2. The van der Waals surface area contributed by atoms with Crippen LogP contribution in [-0.4, -0.2) is 26.5 Å². The van der Waals surface area contributed by atoms with Crippen LogP contribution in [0.3, 0.4) is 0 Å². The predicted octanol–water partition coefficient (Wildman–Crippen LogP) is 2.21. The van der Waals surface area contributed by atoms with Crippen molar-refractivity contribution in [2.75, 3.05) is 0 Å². The Morgan fingerprint density at radius 1 is 1.10 bits per heavy atom. The van der Waals surface area contributed by atoms with Crippen LogP contribution < -0.4 is 11.1 Å². The first-order chi connectivity index (χ1) is 14.6. The summed E-state index contributed by atoms with van der Waals surface area (Å²) in [6.45, 7) is 0. The third-order valence-electron chi connectivity index (χ3n) is 5.05. The van der Waals surface area contributed by atoms with Crippen molar-refractivity contribution in [3.63, 3.8) is 0 Å². The molecule has 0 bridgehead atoms. The van der Waals surface area contributed by atoms with Crippen molar-refractivity contribution >= 4 is 22.9 Å². The van der Waals surface area contributed by atoms with E-state index in [0.29, 0.717) is 29.2 Å². The highest BCUT2D eigenvalue weighted by atomic mass is 16.5. The van der Waals surface area contributed by atoms with E-state index in [9.17, 15) is 14.4 Å². The zero-order chi connectivity index (χ0) is 20.7. The SMILES string of the molecule is O=C1CC[C@@H](n2c(=O)oc3ccc(Cc4nc(-c5ccccc5)no4)cc32)C(=O)N1. The lowest BCUT2D eigenvalue weighted by Gasteiger charge is -2.21. The van der Waals surface area contributed by atoms with Gasteiger partial charge in [-0.05, 0) is 24.1 Å². The zero-order valence-corrected chi connectivity index (χ0v) is 15.7. The maximum atomic E-state index is 12.4. The second-order valence-electron chi connectivity index (χ2n) is 7.06. The smallest absolute Gasteiger partial charge is 0.408 e. The number of carbonyl (C=O) groups is 2. The van der Waals surface area contributed by atoms with Gasteiger partial charge in [-0.2, -0.15) is 4.98 Å². The molecule has 1 aliphatic heterocycles. The third-order valence-corrected chi connectivity index (χ3v) is 5.05. The molecule has 9 heteroatoms. The van der Waals surface area contributed by atoms with Crippen LogP contribution in [0.5, 0.6) is 0 Å². The summed E-state index contributed by atoms with van der Waals surface area (Å²) in [5.41, 5.74) is 2.51. The van der Waals surface area contributed by atoms with Crippen LogP contribution >= 0.6 is 0 Å². The number of piperidine rings is 1. The van der Waals surface area contributed by atoms with Gasteiger partial charge in [0, 0.05) is 12.0 Å². The summed E-state index contributed by atoms with van der Waals surface area (Å²) in [5, 5.41) is 6.28. The molecule has 1 aliphatic rings. The number of oxazole rings is 1. The highest BCUT2D eigenvalue weighted by Gasteiger charge is 2.31. The lowest BCUT2D eigenvalue weighted by atomic mass is 10.1. The van der Waals surface area contributed by atoms with Crippen molar-refractivity contribution < 1.29 is 18.5 Å². The lowest BCUT2D eigenvalue weighted by Crippen LogP contribution is -2.43.